The Morgan fingerprint density at radius 2 is 0.305 bits per heavy atom. The predicted molar refractivity (Wildman–Crippen MR) is 543 cm³/mol. The minimum atomic E-state index is 1.16. The molecular weight excluding hydrogens is 1570 g/mol. The molecule has 0 radical (unpaired) electrons. The van der Waals surface area contributed by atoms with Crippen molar-refractivity contribution >= 4 is 184 Å². The van der Waals surface area contributed by atoms with Crippen molar-refractivity contribution in [1.29, 1.82) is 0 Å². The van der Waals surface area contributed by atoms with E-state index in [4.69, 9.17) is 0 Å². The highest BCUT2D eigenvalue weighted by Crippen LogP contribution is 2.47. The molecule has 0 bridgehead atoms. The molecule has 7 nitrogen and oxygen atoms in total. The van der Waals surface area contributed by atoms with Gasteiger partial charge in [0.15, 0.2) is 0 Å². The first-order valence-electron chi connectivity index (χ1n) is 43.9. The molecule has 0 aliphatic heterocycles. The summed E-state index contributed by atoms with van der Waals surface area (Å²) in [6, 6.07) is 170. The monoisotopic (exact) mass is 1650 g/mol. The van der Waals surface area contributed by atoms with Gasteiger partial charge in [0.2, 0.25) is 0 Å². The second-order valence-corrected chi connectivity index (χ2v) is 34.5. The van der Waals surface area contributed by atoms with Gasteiger partial charge in [-0.1, -0.05) is 285 Å². The van der Waals surface area contributed by atoms with Gasteiger partial charge in [0, 0.05) is 135 Å². The molecule has 8 aromatic heterocycles. The van der Waals surface area contributed by atoms with Crippen molar-refractivity contribution in [3.63, 3.8) is 0 Å². The molecule has 0 atom stereocenters. The van der Waals surface area contributed by atoms with Crippen molar-refractivity contribution < 1.29 is 0 Å². The molecule has 0 aliphatic carbocycles. The van der Waals surface area contributed by atoms with Gasteiger partial charge in [0.05, 0.1) is 77.2 Å². The summed E-state index contributed by atoms with van der Waals surface area (Å²) in [5.74, 6) is 0. The Labute approximate surface area is 740 Å². The number of nitrogens with zero attached hydrogens (tertiary/aromatic N) is 7. The molecular formula is C120H77N7S. The first kappa shape index (κ1) is 72.8. The number of hydrogen-bond acceptors (Lipinski definition) is 1. The number of benzene rings is 20. The first-order chi connectivity index (χ1) is 63.5. The lowest BCUT2D eigenvalue weighted by molar-refractivity contribution is 1.16. The van der Waals surface area contributed by atoms with Gasteiger partial charge < -0.3 is 32.0 Å². The standard InChI is InChI=1S/C42H27N3.C42H28N2.C36H22N2S/c1-3-13-28(14-4-1)43-37-20-10-7-17-31(37)34-25-30(23-24-40(34)43)45-39-22-12-9-19-33(39)36-26-41-35(27-42(36)45)32-18-8-11-21-38(32)44(41)29-15-5-2-6-16-29;1-3-11-29(12-4-1)31-19-23-33(24-20-31)43-39-17-9-7-15-35(39)37-28-42-38(27-41(37)43)36-16-8-10-18-40(36)44(42)34-25-21-32(22-26-34)30-13-5-2-6-14-30;1-2-10-23(11-3-1)37-31-15-7-4-12-25(31)28-22-34-29(21-33(28)37)26-13-5-8-16-32(26)38(34)24-18-19-36-30(20-24)27-14-6-9-17-35(27)39-36/h1-27H;1-28H;1-22H. The maximum atomic E-state index is 2.45. The van der Waals surface area contributed by atoms with Crippen LogP contribution in [0.3, 0.4) is 0 Å². The number of aromatic nitrogens is 7. The maximum Gasteiger partial charge on any atom is 0.0548 e. The van der Waals surface area contributed by atoms with Crippen molar-refractivity contribution in [1.82, 2.24) is 32.0 Å². The van der Waals surface area contributed by atoms with E-state index in [2.05, 4.69) is 499 Å². The zero-order valence-electron chi connectivity index (χ0n) is 69.5. The number of hydrogen-bond donors (Lipinski definition) is 0. The Kier molecular flexibility index (Phi) is 16.8. The molecule has 0 saturated carbocycles. The predicted octanol–water partition coefficient (Wildman–Crippen LogP) is 32.4. The Morgan fingerprint density at radius 3 is 0.617 bits per heavy atom. The second-order valence-electron chi connectivity index (χ2n) is 33.4. The smallest absolute Gasteiger partial charge is 0.0548 e. The third-order valence-electron chi connectivity index (χ3n) is 26.4. The third-order valence-corrected chi connectivity index (χ3v) is 27.6. The first-order valence-corrected chi connectivity index (χ1v) is 44.7. The number of thiophene rings is 1. The summed E-state index contributed by atoms with van der Waals surface area (Å²) < 4.78 is 19.6. The summed E-state index contributed by atoms with van der Waals surface area (Å²) in [6.45, 7) is 0. The minimum Gasteiger partial charge on any atom is -0.309 e. The molecule has 0 spiro atoms. The fourth-order valence-electron chi connectivity index (χ4n) is 20.8. The zero-order valence-corrected chi connectivity index (χ0v) is 70.3. The van der Waals surface area contributed by atoms with Crippen LogP contribution in [0.5, 0.6) is 0 Å². The van der Waals surface area contributed by atoms with E-state index < -0.39 is 0 Å². The molecule has 0 fully saturated rings. The van der Waals surface area contributed by atoms with Gasteiger partial charge >= 0.3 is 0 Å². The molecule has 0 N–H and O–H groups in total. The van der Waals surface area contributed by atoms with Crippen molar-refractivity contribution in [2.75, 3.05) is 0 Å². The van der Waals surface area contributed by atoms with Gasteiger partial charge in [-0.05, 0) is 204 Å². The SMILES string of the molecule is c1ccc(-c2ccc(-n3c4ccccc4c4cc5c(cc43)c3ccccc3n5-c3ccc(-c4ccccc4)cc3)cc2)cc1.c1ccc(-n2c3ccccc3c3cc(-n4c5ccccc5c5cc6c(cc54)c4ccccc4n6-c4ccccc4)ccc32)cc1.c1ccc(-n2c3ccccc3c3cc4c(cc32)c2ccccc2n4-c2ccc3sc4ccccc4c3c2)cc1. The van der Waals surface area contributed by atoms with E-state index in [1.54, 1.807) is 0 Å². The quantitative estimate of drug-likeness (QED) is 0.138. The van der Waals surface area contributed by atoms with Crippen LogP contribution in [0.2, 0.25) is 0 Å². The molecule has 0 amide bonds. The molecule has 0 saturated heterocycles. The van der Waals surface area contributed by atoms with Crippen LogP contribution in [-0.2, 0) is 0 Å². The Bertz CT molecular complexity index is 9110. The fraction of sp³-hybridized carbons (Fsp3) is 0. The van der Waals surface area contributed by atoms with Gasteiger partial charge in [0.1, 0.15) is 0 Å². The van der Waals surface area contributed by atoms with Crippen molar-refractivity contribution in [2.45, 2.75) is 0 Å². The molecule has 8 heterocycles. The largest absolute Gasteiger partial charge is 0.309 e. The van der Waals surface area contributed by atoms with E-state index in [-0.39, 0.29) is 0 Å². The van der Waals surface area contributed by atoms with Gasteiger partial charge in [-0.15, -0.1) is 11.3 Å². The minimum absolute atomic E-state index is 1.16. The van der Waals surface area contributed by atoms with E-state index in [0.29, 0.717) is 0 Å². The fourth-order valence-corrected chi connectivity index (χ4v) is 21.9. The maximum absolute atomic E-state index is 2.45. The van der Waals surface area contributed by atoms with Gasteiger partial charge in [-0.3, -0.25) is 0 Å². The topological polar surface area (TPSA) is 34.5 Å². The Hall–Kier alpha value is -16.8. The van der Waals surface area contributed by atoms with E-state index in [0.717, 1.165) is 17.1 Å². The molecule has 8 heteroatoms. The van der Waals surface area contributed by atoms with Crippen molar-refractivity contribution in [3.8, 4) is 62.1 Å². The van der Waals surface area contributed by atoms with Crippen LogP contribution in [0.25, 0.3) is 235 Å². The number of fused-ring (bicyclic) bond motifs is 24. The van der Waals surface area contributed by atoms with Crippen molar-refractivity contribution in [2.24, 2.45) is 0 Å². The third kappa shape index (κ3) is 11.5. The Balaban J connectivity index is 0.000000102. The van der Waals surface area contributed by atoms with E-state index in [1.165, 1.54) is 218 Å². The average Bonchev–Trinajstić information content (AvgIpc) is 1.56. The van der Waals surface area contributed by atoms with Gasteiger partial charge in [-0.2, -0.15) is 0 Å². The van der Waals surface area contributed by atoms with Crippen LogP contribution >= 0.6 is 11.3 Å². The summed E-state index contributed by atoms with van der Waals surface area (Å²) in [4.78, 5) is 0. The molecule has 128 heavy (non-hydrogen) atoms. The normalized spacial score (nSPS) is 11.9. The molecule has 598 valence electrons. The second kappa shape index (κ2) is 29.5. The summed E-state index contributed by atoms with van der Waals surface area (Å²) in [6.07, 6.45) is 0. The van der Waals surface area contributed by atoms with Crippen LogP contribution in [0, 0.1) is 0 Å². The van der Waals surface area contributed by atoms with Crippen LogP contribution < -0.4 is 0 Å². The summed E-state index contributed by atoms with van der Waals surface area (Å²) in [5.41, 5.74) is 30.2. The molecule has 28 aromatic rings. The molecule has 20 aromatic carbocycles. The van der Waals surface area contributed by atoms with Crippen LogP contribution in [-0.4, -0.2) is 32.0 Å². The van der Waals surface area contributed by atoms with E-state index in [9.17, 15) is 0 Å². The molecule has 0 unspecified atom stereocenters. The van der Waals surface area contributed by atoms with E-state index >= 15 is 0 Å². The highest BCUT2D eigenvalue weighted by Gasteiger charge is 2.25. The van der Waals surface area contributed by atoms with Crippen LogP contribution in [0.15, 0.2) is 467 Å². The van der Waals surface area contributed by atoms with Crippen molar-refractivity contribution in [3.05, 3.63) is 467 Å². The lowest BCUT2D eigenvalue weighted by Crippen LogP contribution is -1.96. The Morgan fingerprint density at radius 1 is 0.109 bits per heavy atom. The zero-order chi connectivity index (χ0) is 84.0. The average molecular weight is 1650 g/mol. The number of rotatable bonds is 9. The molecule has 0 aliphatic rings. The summed E-state index contributed by atoms with van der Waals surface area (Å²) >= 11 is 1.87. The summed E-state index contributed by atoms with van der Waals surface area (Å²) in [5, 5.41) is 20.3. The lowest BCUT2D eigenvalue weighted by atomic mass is 10.1. The van der Waals surface area contributed by atoms with Gasteiger partial charge in [-0.25, -0.2) is 0 Å². The lowest BCUT2D eigenvalue weighted by Gasteiger charge is -2.11. The van der Waals surface area contributed by atoms with Crippen LogP contribution in [0.1, 0.15) is 0 Å². The molecule has 28 rings (SSSR count). The van der Waals surface area contributed by atoms with E-state index in [1.807, 2.05) is 11.3 Å². The van der Waals surface area contributed by atoms with Crippen LogP contribution in [0.4, 0.5) is 0 Å². The highest BCUT2D eigenvalue weighted by atomic mass is 32.1. The summed E-state index contributed by atoms with van der Waals surface area (Å²) in [7, 11) is 0. The number of para-hydroxylation sites is 10. The highest BCUT2D eigenvalue weighted by molar-refractivity contribution is 7.25. The van der Waals surface area contributed by atoms with Gasteiger partial charge in [0.25, 0.3) is 0 Å².